The number of methoxy groups -OCH3 is 1. The number of carbonyl (C=O) groups excluding carboxylic acids is 1. The molecule has 2 aromatic carbocycles. The van der Waals surface area contributed by atoms with E-state index in [9.17, 15) is 9.18 Å². The molecule has 1 aromatic heterocycles. The lowest BCUT2D eigenvalue weighted by molar-refractivity contribution is -0.128. The monoisotopic (exact) mass is 414 g/mol. The Hall–Kier alpha value is -2.87. The van der Waals surface area contributed by atoms with Gasteiger partial charge in [-0.15, -0.1) is 10.2 Å². The summed E-state index contributed by atoms with van der Waals surface area (Å²) in [6.07, 6.45) is 0. The van der Waals surface area contributed by atoms with Gasteiger partial charge in [-0.05, 0) is 48.9 Å². The molecule has 0 aliphatic heterocycles. The van der Waals surface area contributed by atoms with Crippen molar-refractivity contribution in [2.45, 2.75) is 18.1 Å². The summed E-state index contributed by atoms with van der Waals surface area (Å²) in [6.45, 7) is 1.92. The van der Waals surface area contributed by atoms with E-state index in [2.05, 4.69) is 10.2 Å². The molecule has 0 radical (unpaired) electrons. The molecule has 0 spiro atoms. The fourth-order valence-electron chi connectivity index (χ4n) is 2.84. The van der Waals surface area contributed by atoms with E-state index in [1.54, 1.807) is 31.2 Å². The van der Waals surface area contributed by atoms with Gasteiger partial charge in [0.05, 0.1) is 18.9 Å². The van der Waals surface area contributed by atoms with E-state index in [-0.39, 0.29) is 23.5 Å². The summed E-state index contributed by atoms with van der Waals surface area (Å²) >= 11 is 1.34. The number of rotatable bonds is 7. The molecule has 1 heterocycles. The minimum Gasteiger partial charge on any atom is -0.497 e. The molecule has 3 aromatic rings. The van der Waals surface area contributed by atoms with Gasteiger partial charge in [-0.3, -0.25) is 4.79 Å². The second-order valence-electron chi connectivity index (χ2n) is 6.61. The first kappa shape index (κ1) is 20.9. The van der Waals surface area contributed by atoms with E-state index < -0.39 is 0 Å². The Morgan fingerprint density at radius 1 is 1.17 bits per heavy atom. The predicted molar refractivity (Wildman–Crippen MR) is 111 cm³/mol. The molecule has 1 atom stereocenters. The van der Waals surface area contributed by atoms with E-state index in [1.165, 1.54) is 23.9 Å². The quantitative estimate of drug-likeness (QED) is 0.548. The molecule has 0 fully saturated rings. The normalized spacial score (nSPS) is 11.9. The molecule has 0 bridgehead atoms. The van der Waals surface area contributed by atoms with Crippen molar-refractivity contribution in [2.24, 2.45) is 7.05 Å². The number of ether oxygens (including phenoxy) is 1. The zero-order valence-electron chi connectivity index (χ0n) is 16.8. The number of thioether (sulfide) groups is 1. The lowest BCUT2D eigenvalue weighted by Crippen LogP contribution is -2.31. The van der Waals surface area contributed by atoms with Crippen LogP contribution in [0.4, 0.5) is 4.39 Å². The summed E-state index contributed by atoms with van der Waals surface area (Å²) in [6, 6.07) is 13.6. The lowest BCUT2D eigenvalue weighted by atomic mass is 10.1. The first-order valence-electron chi connectivity index (χ1n) is 9.08. The number of amides is 1. The number of aromatic nitrogens is 3. The van der Waals surface area contributed by atoms with Crippen LogP contribution in [0, 0.1) is 5.82 Å². The lowest BCUT2D eigenvalue weighted by Gasteiger charge is -2.25. The zero-order chi connectivity index (χ0) is 21.0. The summed E-state index contributed by atoms with van der Waals surface area (Å²) in [5.41, 5.74) is 1.80. The van der Waals surface area contributed by atoms with E-state index in [0.29, 0.717) is 5.16 Å². The van der Waals surface area contributed by atoms with Gasteiger partial charge in [-0.2, -0.15) is 0 Å². The minimum atomic E-state index is -0.291. The molecule has 0 saturated heterocycles. The van der Waals surface area contributed by atoms with Gasteiger partial charge in [0, 0.05) is 19.7 Å². The first-order chi connectivity index (χ1) is 13.9. The Labute approximate surface area is 173 Å². The highest BCUT2D eigenvalue weighted by Crippen LogP contribution is 2.25. The van der Waals surface area contributed by atoms with Gasteiger partial charge in [0.25, 0.3) is 0 Å². The fraction of sp³-hybridized carbons (Fsp3) is 0.286. The molecule has 0 N–H and O–H groups in total. The molecule has 152 valence electrons. The Morgan fingerprint density at radius 2 is 1.83 bits per heavy atom. The van der Waals surface area contributed by atoms with E-state index in [4.69, 9.17) is 4.74 Å². The molecule has 8 heteroatoms. The molecule has 3 rings (SSSR count). The van der Waals surface area contributed by atoms with Gasteiger partial charge in [0.15, 0.2) is 11.0 Å². The van der Waals surface area contributed by atoms with Crippen LogP contribution in [0.3, 0.4) is 0 Å². The molecule has 0 saturated carbocycles. The van der Waals surface area contributed by atoms with Crippen LogP contribution in [-0.4, -0.2) is 45.5 Å². The van der Waals surface area contributed by atoms with Crippen LogP contribution in [0.2, 0.25) is 0 Å². The van der Waals surface area contributed by atoms with Gasteiger partial charge < -0.3 is 14.2 Å². The highest BCUT2D eigenvalue weighted by atomic mass is 32.2. The van der Waals surface area contributed by atoms with Crippen molar-refractivity contribution in [3.8, 4) is 17.1 Å². The minimum absolute atomic E-state index is 0.0409. The Kier molecular flexibility index (Phi) is 6.53. The standard InChI is InChI=1S/C21H23FN4O2S/c1-14(15-5-9-17(22)10-6-15)25(2)19(27)13-29-21-24-23-20(26(21)3)16-7-11-18(28-4)12-8-16/h5-12,14H,13H2,1-4H3. The number of hydrogen-bond donors (Lipinski definition) is 0. The van der Waals surface area contributed by atoms with Gasteiger partial charge in [0.1, 0.15) is 11.6 Å². The summed E-state index contributed by atoms with van der Waals surface area (Å²) in [4.78, 5) is 14.3. The van der Waals surface area contributed by atoms with Crippen LogP contribution in [0.25, 0.3) is 11.4 Å². The van der Waals surface area contributed by atoms with Crippen LogP contribution >= 0.6 is 11.8 Å². The second kappa shape index (κ2) is 9.09. The third-order valence-corrected chi connectivity index (χ3v) is 5.84. The van der Waals surface area contributed by atoms with E-state index in [0.717, 1.165) is 22.7 Å². The summed E-state index contributed by atoms with van der Waals surface area (Å²) in [5, 5.41) is 9.12. The third kappa shape index (κ3) is 4.76. The van der Waals surface area contributed by atoms with Gasteiger partial charge in [-0.25, -0.2) is 4.39 Å². The Morgan fingerprint density at radius 3 is 2.45 bits per heavy atom. The predicted octanol–water partition coefficient (Wildman–Crippen LogP) is 3.94. The van der Waals surface area contributed by atoms with Gasteiger partial charge >= 0.3 is 0 Å². The Balaban J connectivity index is 1.64. The van der Waals surface area contributed by atoms with Crippen LogP contribution in [-0.2, 0) is 11.8 Å². The fourth-order valence-corrected chi connectivity index (χ4v) is 3.68. The maximum atomic E-state index is 13.1. The Bertz CT molecular complexity index is 973. The molecule has 6 nitrogen and oxygen atoms in total. The van der Waals surface area contributed by atoms with Crippen molar-refractivity contribution in [3.63, 3.8) is 0 Å². The molecule has 1 unspecified atom stereocenters. The number of halogens is 1. The van der Waals surface area contributed by atoms with Crippen molar-refractivity contribution in [2.75, 3.05) is 19.9 Å². The third-order valence-electron chi connectivity index (χ3n) is 4.83. The van der Waals surface area contributed by atoms with E-state index >= 15 is 0 Å². The van der Waals surface area contributed by atoms with Crippen LogP contribution in [0.5, 0.6) is 5.75 Å². The molecule has 0 aliphatic rings. The van der Waals surface area contributed by atoms with Crippen molar-refractivity contribution in [1.82, 2.24) is 19.7 Å². The molecule has 0 aliphatic carbocycles. The van der Waals surface area contributed by atoms with Crippen LogP contribution < -0.4 is 4.74 Å². The van der Waals surface area contributed by atoms with Crippen molar-refractivity contribution in [3.05, 3.63) is 59.9 Å². The smallest absolute Gasteiger partial charge is 0.233 e. The molecule has 29 heavy (non-hydrogen) atoms. The SMILES string of the molecule is COc1ccc(-c2nnc(SCC(=O)N(C)C(C)c3ccc(F)cc3)n2C)cc1. The number of hydrogen-bond acceptors (Lipinski definition) is 5. The highest BCUT2D eigenvalue weighted by Gasteiger charge is 2.19. The van der Waals surface area contributed by atoms with Crippen molar-refractivity contribution in [1.29, 1.82) is 0 Å². The number of carbonyl (C=O) groups is 1. The van der Waals surface area contributed by atoms with Crippen LogP contribution in [0.15, 0.2) is 53.7 Å². The molecule has 1 amide bonds. The second-order valence-corrected chi connectivity index (χ2v) is 7.56. The maximum Gasteiger partial charge on any atom is 0.233 e. The zero-order valence-corrected chi connectivity index (χ0v) is 17.6. The molecular weight excluding hydrogens is 391 g/mol. The maximum absolute atomic E-state index is 13.1. The van der Waals surface area contributed by atoms with Crippen LogP contribution in [0.1, 0.15) is 18.5 Å². The topological polar surface area (TPSA) is 60.3 Å². The summed E-state index contributed by atoms with van der Waals surface area (Å²) in [5.74, 6) is 1.39. The van der Waals surface area contributed by atoms with E-state index in [1.807, 2.05) is 42.8 Å². The largest absolute Gasteiger partial charge is 0.497 e. The van der Waals surface area contributed by atoms with Crippen molar-refractivity contribution < 1.29 is 13.9 Å². The average molecular weight is 415 g/mol. The van der Waals surface area contributed by atoms with Gasteiger partial charge in [-0.1, -0.05) is 23.9 Å². The number of nitrogens with zero attached hydrogens (tertiary/aromatic N) is 4. The summed E-state index contributed by atoms with van der Waals surface area (Å²) < 4.78 is 20.2. The first-order valence-corrected chi connectivity index (χ1v) is 10.1. The number of benzene rings is 2. The van der Waals surface area contributed by atoms with Gasteiger partial charge in [0.2, 0.25) is 5.91 Å². The van der Waals surface area contributed by atoms with Crippen molar-refractivity contribution >= 4 is 17.7 Å². The highest BCUT2D eigenvalue weighted by molar-refractivity contribution is 7.99. The average Bonchev–Trinajstić information content (AvgIpc) is 3.11. The molecular formula is C21H23FN4O2S. The summed E-state index contributed by atoms with van der Waals surface area (Å²) in [7, 11) is 5.24.